The summed E-state index contributed by atoms with van der Waals surface area (Å²) in [7, 11) is 0. The number of pyridine rings is 1. The first-order chi connectivity index (χ1) is 8.45. The van der Waals surface area contributed by atoms with Crippen LogP contribution in [-0.4, -0.2) is 9.97 Å². The molecule has 2 nitrogen and oxygen atoms in total. The average molecular weight is 226 g/mol. The summed E-state index contributed by atoms with van der Waals surface area (Å²) >= 11 is 0. The van der Waals surface area contributed by atoms with E-state index in [-0.39, 0.29) is 0 Å². The van der Waals surface area contributed by atoms with Crippen molar-refractivity contribution in [3.05, 3.63) is 42.5 Å². The Bertz CT molecular complexity index is 467. The van der Waals surface area contributed by atoms with Gasteiger partial charge in [-0.2, -0.15) is 0 Å². The van der Waals surface area contributed by atoms with Gasteiger partial charge in [0.15, 0.2) is 0 Å². The minimum absolute atomic E-state index is 0.733. The van der Waals surface area contributed by atoms with Gasteiger partial charge in [-0.25, -0.2) is 0 Å². The van der Waals surface area contributed by atoms with Crippen LogP contribution in [0.2, 0.25) is 0 Å². The van der Waals surface area contributed by atoms with E-state index in [2.05, 4.69) is 28.3 Å². The minimum atomic E-state index is 0.733. The third kappa shape index (κ3) is 2.12. The molecule has 0 aliphatic heterocycles. The molecule has 0 atom stereocenters. The van der Waals surface area contributed by atoms with Gasteiger partial charge in [0, 0.05) is 35.9 Å². The Labute approximate surface area is 102 Å². The SMILES string of the molecule is c1cc(C2CCCCC2)c(-c2cc[nH]c2)cn1. The maximum absolute atomic E-state index is 4.28. The largest absolute Gasteiger partial charge is 0.367 e. The van der Waals surface area contributed by atoms with Gasteiger partial charge in [-0.15, -0.1) is 0 Å². The van der Waals surface area contributed by atoms with Crippen molar-refractivity contribution in [3.8, 4) is 11.1 Å². The van der Waals surface area contributed by atoms with E-state index < -0.39 is 0 Å². The molecule has 0 bridgehead atoms. The van der Waals surface area contributed by atoms with E-state index in [1.54, 1.807) is 0 Å². The molecule has 1 fully saturated rings. The predicted octanol–water partition coefficient (Wildman–Crippen LogP) is 4.12. The van der Waals surface area contributed by atoms with Crippen molar-refractivity contribution in [1.82, 2.24) is 9.97 Å². The molecule has 1 aliphatic carbocycles. The second-order valence-corrected chi connectivity index (χ2v) is 4.90. The van der Waals surface area contributed by atoms with Crippen LogP contribution in [0.25, 0.3) is 11.1 Å². The fourth-order valence-electron chi connectivity index (χ4n) is 2.91. The molecular weight excluding hydrogens is 208 g/mol. The summed E-state index contributed by atoms with van der Waals surface area (Å²) in [5, 5.41) is 0. The molecule has 0 saturated heterocycles. The lowest BCUT2D eigenvalue weighted by molar-refractivity contribution is 0.444. The highest BCUT2D eigenvalue weighted by molar-refractivity contribution is 5.66. The number of H-pyrrole nitrogens is 1. The van der Waals surface area contributed by atoms with Crippen molar-refractivity contribution in [3.63, 3.8) is 0 Å². The van der Waals surface area contributed by atoms with E-state index in [0.29, 0.717) is 0 Å². The molecule has 0 spiro atoms. The smallest absolute Gasteiger partial charge is 0.0349 e. The van der Waals surface area contributed by atoms with Gasteiger partial charge >= 0.3 is 0 Å². The predicted molar refractivity (Wildman–Crippen MR) is 69.8 cm³/mol. The summed E-state index contributed by atoms with van der Waals surface area (Å²) in [6.45, 7) is 0. The fraction of sp³-hybridized carbons (Fsp3) is 0.400. The lowest BCUT2D eigenvalue weighted by Crippen LogP contribution is -2.06. The quantitative estimate of drug-likeness (QED) is 0.819. The number of aromatic amines is 1. The molecule has 3 rings (SSSR count). The number of hydrogen-bond donors (Lipinski definition) is 1. The molecule has 1 N–H and O–H groups in total. The van der Waals surface area contributed by atoms with E-state index in [9.17, 15) is 0 Å². The van der Waals surface area contributed by atoms with Crippen LogP contribution in [0.3, 0.4) is 0 Å². The zero-order chi connectivity index (χ0) is 11.5. The van der Waals surface area contributed by atoms with Gasteiger partial charge in [-0.05, 0) is 36.5 Å². The van der Waals surface area contributed by atoms with E-state index in [1.807, 2.05) is 18.6 Å². The zero-order valence-corrected chi connectivity index (χ0v) is 10.0. The van der Waals surface area contributed by atoms with Crippen molar-refractivity contribution in [2.24, 2.45) is 0 Å². The second kappa shape index (κ2) is 4.74. The number of nitrogens with one attached hydrogen (secondary N) is 1. The third-order valence-electron chi connectivity index (χ3n) is 3.81. The summed E-state index contributed by atoms with van der Waals surface area (Å²) in [5.74, 6) is 0.733. The number of aromatic nitrogens is 2. The average Bonchev–Trinajstić information content (AvgIpc) is 2.94. The van der Waals surface area contributed by atoms with Crippen molar-refractivity contribution in [2.75, 3.05) is 0 Å². The number of hydrogen-bond acceptors (Lipinski definition) is 1. The highest BCUT2D eigenvalue weighted by Crippen LogP contribution is 2.37. The molecule has 0 unspecified atom stereocenters. The molecule has 2 heteroatoms. The maximum Gasteiger partial charge on any atom is 0.0349 e. The molecule has 2 heterocycles. The highest BCUT2D eigenvalue weighted by Gasteiger charge is 2.18. The van der Waals surface area contributed by atoms with Gasteiger partial charge in [-0.1, -0.05) is 19.3 Å². The first-order valence-corrected chi connectivity index (χ1v) is 6.52. The van der Waals surface area contributed by atoms with E-state index in [4.69, 9.17) is 0 Å². The lowest BCUT2D eigenvalue weighted by atomic mass is 9.82. The Balaban J connectivity index is 1.98. The molecule has 0 radical (unpaired) electrons. The third-order valence-corrected chi connectivity index (χ3v) is 3.81. The monoisotopic (exact) mass is 226 g/mol. The van der Waals surface area contributed by atoms with Crippen molar-refractivity contribution in [1.29, 1.82) is 0 Å². The molecule has 88 valence electrons. The van der Waals surface area contributed by atoms with E-state index >= 15 is 0 Å². The Kier molecular flexibility index (Phi) is 2.95. The van der Waals surface area contributed by atoms with Crippen molar-refractivity contribution < 1.29 is 0 Å². The molecule has 2 aromatic rings. The summed E-state index contributed by atoms with van der Waals surface area (Å²) in [4.78, 5) is 7.41. The van der Waals surface area contributed by atoms with Crippen LogP contribution < -0.4 is 0 Å². The van der Waals surface area contributed by atoms with Gasteiger partial charge in [0.2, 0.25) is 0 Å². The van der Waals surface area contributed by atoms with Crippen LogP contribution in [0.5, 0.6) is 0 Å². The lowest BCUT2D eigenvalue weighted by Gasteiger charge is -2.23. The molecule has 17 heavy (non-hydrogen) atoms. The Morgan fingerprint density at radius 1 is 1.12 bits per heavy atom. The van der Waals surface area contributed by atoms with Gasteiger partial charge in [0.1, 0.15) is 0 Å². The van der Waals surface area contributed by atoms with Crippen LogP contribution in [-0.2, 0) is 0 Å². The minimum Gasteiger partial charge on any atom is -0.367 e. The fourth-order valence-corrected chi connectivity index (χ4v) is 2.91. The number of rotatable bonds is 2. The van der Waals surface area contributed by atoms with Crippen molar-refractivity contribution >= 4 is 0 Å². The van der Waals surface area contributed by atoms with Crippen LogP contribution in [0.15, 0.2) is 36.9 Å². The molecule has 0 amide bonds. The summed E-state index contributed by atoms with van der Waals surface area (Å²) in [5.41, 5.74) is 4.05. The van der Waals surface area contributed by atoms with Gasteiger partial charge in [0.25, 0.3) is 0 Å². The normalized spacial score (nSPS) is 17.2. The van der Waals surface area contributed by atoms with Crippen LogP contribution in [0, 0.1) is 0 Å². The first kappa shape index (κ1) is 10.6. The zero-order valence-electron chi connectivity index (χ0n) is 10.0. The van der Waals surface area contributed by atoms with Gasteiger partial charge in [0.05, 0.1) is 0 Å². The summed E-state index contributed by atoms with van der Waals surface area (Å²) < 4.78 is 0. The summed E-state index contributed by atoms with van der Waals surface area (Å²) in [6, 6.07) is 4.33. The summed E-state index contributed by atoms with van der Waals surface area (Å²) in [6.07, 6.45) is 14.8. The van der Waals surface area contributed by atoms with Gasteiger partial charge < -0.3 is 4.98 Å². The number of nitrogens with zero attached hydrogens (tertiary/aromatic N) is 1. The molecule has 0 aromatic carbocycles. The first-order valence-electron chi connectivity index (χ1n) is 6.52. The Morgan fingerprint density at radius 3 is 2.76 bits per heavy atom. The molecule has 1 aliphatic rings. The highest BCUT2D eigenvalue weighted by atomic mass is 14.6. The topological polar surface area (TPSA) is 28.7 Å². The van der Waals surface area contributed by atoms with E-state index in [1.165, 1.54) is 48.8 Å². The molecule has 1 saturated carbocycles. The second-order valence-electron chi connectivity index (χ2n) is 4.90. The van der Waals surface area contributed by atoms with Crippen LogP contribution in [0.1, 0.15) is 43.6 Å². The van der Waals surface area contributed by atoms with Crippen molar-refractivity contribution in [2.45, 2.75) is 38.0 Å². The molecular formula is C15H18N2. The molecule has 2 aromatic heterocycles. The maximum atomic E-state index is 4.28. The van der Waals surface area contributed by atoms with Gasteiger partial charge in [-0.3, -0.25) is 4.98 Å². The van der Waals surface area contributed by atoms with Crippen LogP contribution in [0.4, 0.5) is 0 Å². The Hall–Kier alpha value is -1.57. The Morgan fingerprint density at radius 2 is 2.00 bits per heavy atom. The standard InChI is InChI=1S/C15H18N2/c1-2-4-12(5-3-1)14-7-9-17-11-15(14)13-6-8-16-10-13/h6-12,16H,1-5H2. The van der Waals surface area contributed by atoms with Crippen LogP contribution >= 0.6 is 0 Å². The van der Waals surface area contributed by atoms with E-state index in [0.717, 1.165) is 5.92 Å².